The summed E-state index contributed by atoms with van der Waals surface area (Å²) < 4.78 is 0. The molecule has 3 rings (SSSR count). The Kier molecular flexibility index (Phi) is 8.65. The van der Waals surface area contributed by atoms with Crippen LogP contribution in [0.5, 0.6) is 0 Å². The molecule has 0 saturated heterocycles. The van der Waals surface area contributed by atoms with Crippen LogP contribution in [-0.2, 0) is 4.79 Å². The third-order valence-electron chi connectivity index (χ3n) is 6.49. The van der Waals surface area contributed by atoms with E-state index in [4.69, 9.17) is 0 Å². The zero-order valence-electron chi connectivity index (χ0n) is 18.8. The van der Waals surface area contributed by atoms with Gasteiger partial charge in [-0.1, -0.05) is 43.2 Å². The number of carbonyl (C=O) groups is 2. The van der Waals surface area contributed by atoms with E-state index in [-0.39, 0.29) is 17.7 Å². The lowest BCUT2D eigenvalue weighted by Crippen LogP contribution is -3.12. The second kappa shape index (κ2) is 11.7. The van der Waals surface area contributed by atoms with Crippen molar-refractivity contribution in [2.75, 3.05) is 31.5 Å². The van der Waals surface area contributed by atoms with Gasteiger partial charge in [0.2, 0.25) is 5.91 Å². The fourth-order valence-electron chi connectivity index (χ4n) is 4.57. The van der Waals surface area contributed by atoms with E-state index in [9.17, 15) is 9.59 Å². The summed E-state index contributed by atoms with van der Waals surface area (Å²) in [5.74, 6) is 0.227. The maximum atomic E-state index is 13.2. The average Bonchev–Trinajstić information content (AvgIpc) is 3.32. The average molecular weight is 423 g/mol. The first-order valence-electron chi connectivity index (χ1n) is 11.7. The van der Waals surface area contributed by atoms with Gasteiger partial charge < -0.3 is 15.5 Å². The molecule has 2 aromatic rings. The van der Waals surface area contributed by atoms with Gasteiger partial charge >= 0.3 is 0 Å². The maximum Gasteiger partial charge on any atom is 0.251 e. The van der Waals surface area contributed by atoms with Gasteiger partial charge in [0.15, 0.2) is 0 Å². The third kappa shape index (κ3) is 6.41. The van der Waals surface area contributed by atoms with E-state index in [2.05, 4.69) is 36.6 Å². The minimum absolute atomic E-state index is 0.0394. The van der Waals surface area contributed by atoms with Gasteiger partial charge in [0.05, 0.1) is 32.1 Å². The van der Waals surface area contributed by atoms with Gasteiger partial charge in [-0.15, -0.1) is 0 Å². The molecule has 166 valence electrons. The highest BCUT2D eigenvalue weighted by atomic mass is 16.2. The van der Waals surface area contributed by atoms with E-state index < -0.39 is 0 Å². The maximum absolute atomic E-state index is 13.2. The summed E-state index contributed by atoms with van der Waals surface area (Å²) in [6.45, 7) is 8.02. The van der Waals surface area contributed by atoms with Crippen molar-refractivity contribution in [3.05, 3.63) is 65.7 Å². The minimum atomic E-state index is -0.130. The first-order valence-corrected chi connectivity index (χ1v) is 11.7. The smallest absolute Gasteiger partial charge is 0.251 e. The van der Waals surface area contributed by atoms with E-state index in [0.29, 0.717) is 18.0 Å². The summed E-state index contributed by atoms with van der Waals surface area (Å²) in [6.07, 6.45) is 4.59. The number of quaternary nitrogens is 1. The van der Waals surface area contributed by atoms with Crippen molar-refractivity contribution >= 4 is 17.5 Å². The number of benzene rings is 2. The van der Waals surface area contributed by atoms with Crippen molar-refractivity contribution in [1.82, 2.24) is 5.32 Å². The summed E-state index contributed by atoms with van der Waals surface area (Å²) in [5.41, 5.74) is 2.43. The second-order valence-corrected chi connectivity index (χ2v) is 8.46. The molecule has 0 unspecified atom stereocenters. The van der Waals surface area contributed by atoms with Gasteiger partial charge in [-0.2, -0.15) is 0 Å². The standard InChI is InChI=1S/C26H35N3O2/c1-3-29(4-2)19-18-27-25(30)22-14-16-23(17-15-22)28-26(31)24(21-12-8-9-13-21)20-10-6-5-7-11-20/h5-7,10-11,14-17,21,24H,3-4,8-9,12-13,18-19H2,1-2H3,(H,27,30)(H,28,31)/p+1/t24-/m1/s1. The molecule has 0 spiro atoms. The lowest BCUT2D eigenvalue weighted by Gasteiger charge is -2.23. The predicted octanol–water partition coefficient (Wildman–Crippen LogP) is 3.25. The number of nitrogens with one attached hydrogen (secondary N) is 3. The largest absolute Gasteiger partial charge is 0.346 e. The predicted molar refractivity (Wildman–Crippen MR) is 125 cm³/mol. The van der Waals surface area contributed by atoms with Crippen LogP contribution in [0.3, 0.4) is 0 Å². The second-order valence-electron chi connectivity index (χ2n) is 8.46. The molecule has 0 bridgehead atoms. The molecule has 1 aliphatic carbocycles. The number of carbonyl (C=O) groups excluding carboxylic acids is 2. The van der Waals surface area contributed by atoms with Crippen LogP contribution in [0.25, 0.3) is 0 Å². The topological polar surface area (TPSA) is 62.6 Å². The minimum Gasteiger partial charge on any atom is -0.346 e. The van der Waals surface area contributed by atoms with Gasteiger partial charge in [0.25, 0.3) is 5.91 Å². The zero-order chi connectivity index (χ0) is 22.1. The molecule has 0 aliphatic heterocycles. The van der Waals surface area contributed by atoms with Crippen molar-refractivity contribution in [3.63, 3.8) is 0 Å². The van der Waals surface area contributed by atoms with Crippen molar-refractivity contribution in [2.24, 2.45) is 5.92 Å². The first-order chi connectivity index (χ1) is 15.1. The van der Waals surface area contributed by atoms with Gasteiger partial charge in [-0.05, 0) is 62.4 Å². The first kappa shape index (κ1) is 23.0. The highest BCUT2D eigenvalue weighted by Crippen LogP contribution is 2.38. The van der Waals surface area contributed by atoms with Gasteiger partial charge in [0.1, 0.15) is 0 Å². The molecule has 2 amide bonds. The van der Waals surface area contributed by atoms with Crippen LogP contribution in [0.15, 0.2) is 54.6 Å². The number of likely N-dealkylation sites (N-methyl/N-ethyl adjacent to an activating group) is 1. The number of hydrogen-bond acceptors (Lipinski definition) is 2. The number of anilines is 1. The highest BCUT2D eigenvalue weighted by molar-refractivity contribution is 5.97. The Morgan fingerprint density at radius 3 is 2.23 bits per heavy atom. The third-order valence-corrected chi connectivity index (χ3v) is 6.49. The van der Waals surface area contributed by atoms with Gasteiger partial charge in [-0.3, -0.25) is 9.59 Å². The Bertz CT molecular complexity index is 825. The number of amides is 2. The normalized spacial score (nSPS) is 15.1. The quantitative estimate of drug-likeness (QED) is 0.550. The molecule has 0 heterocycles. The summed E-state index contributed by atoms with van der Waals surface area (Å²) in [7, 11) is 0. The molecule has 1 fully saturated rings. The van der Waals surface area contributed by atoms with Gasteiger partial charge in [0, 0.05) is 11.3 Å². The Labute approximate surface area is 186 Å². The van der Waals surface area contributed by atoms with E-state index in [1.54, 1.807) is 12.1 Å². The van der Waals surface area contributed by atoms with Crippen molar-refractivity contribution in [1.29, 1.82) is 0 Å². The summed E-state index contributed by atoms with van der Waals surface area (Å²) in [4.78, 5) is 27.1. The van der Waals surface area contributed by atoms with E-state index in [1.165, 1.54) is 17.7 Å². The number of hydrogen-bond donors (Lipinski definition) is 3. The molecule has 0 radical (unpaired) electrons. The van der Waals surface area contributed by atoms with Crippen LogP contribution >= 0.6 is 0 Å². The van der Waals surface area contributed by atoms with E-state index in [1.807, 2.05) is 30.3 Å². The van der Waals surface area contributed by atoms with Crippen molar-refractivity contribution in [2.45, 2.75) is 45.4 Å². The fourth-order valence-corrected chi connectivity index (χ4v) is 4.57. The van der Waals surface area contributed by atoms with Crippen LogP contribution in [0, 0.1) is 5.92 Å². The van der Waals surface area contributed by atoms with E-state index in [0.717, 1.165) is 43.7 Å². The molecular formula is C26H36N3O2+. The molecule has 0 aromatic heterocycles. The molecule has 5 heteroatoms. The molecule has 1 saturated carbocycles. The van der Waals surface area contributed by atoms with Crippen molar-refractivity contribution < 1.29 is 14.5 Å². The van der Waals surface area contributed by atoms with Crippen LogP contribution in [0.4, 0.5) is 5.69 Å². The highest BCUT2D eigenvalue weighted by Gasteiger charge is 2.31. The monoisotopic (exact) mass is 422 g/mol. The lowest BCUT2D eigenvalue weighted by atomic mass is 9.84. The van der Waals surface area contributed by atoms with Crippen LogP contribution in [-0.4, -0.2) is 38.0 Å². The Balaban J connectivity index is 1.60. The molecule has 2 aromatic carbocycles. The van der Waals surface area contributed by atoms with Crippen LogP contribution in [0.2, 0.25) is 0 Å². The van der Waals surface area contributed by atoms with Crippen molar-refractivity contribution in [3.8, 4) is 0 Å². The Hall–Kier alpha value is -2.66. The lowest BCUT2D eigenvalue weighted by molar-refractivity contribution is -0.895. The summed E-state index contributed by atoms with van der Waals surface area (Å²) >= 11 is 0. The Morgan fingerprint density at radius 2 is 1.61 bits per heavy atom. The number of rotatable bonds is 10. The van der Waals surface area contributed by atoms with E-state index >= 15 is 0 Å². The molecular weight excluding hydrogens is 386 g/mol. The van der Waals surface area contributed by atoms with Gasteiger partial charge in [-0.25, -0.2) is 0 Å². The molecule has 31 heavy (non-hydrogen) atoms. The molecule has 1 atom stereocenters. The van der Waals surface area contributed by atoms with Crippen LogP contribution in [0.1, 0.15) is 61.4 Å². The summed E-state index contributed by atoms with van der Waals surface area (Å²) in [5, 5.41) is 6.07. The van der Waals surface area contributed by atoms with Crippen LogP contribution < -0.4 is 15.5 Å². The molecule has 5 nitrogen and oxygen atoms in total. The molecule has 1 aliphatic rings. The fraction of sp³-hybridized carbons (Fsp3) is 0.462. The molecule has 3 N–H and O–H groups in total. The zero-order valence-corrected chi connectivity index (χ0v) is 18.8. The SMILES string of the molecule is CC[NH+](CC)CCNC(=O)c1ccc(NC(=O)[C@H](c2ccccc2)C2CCCC2)cc1. The summed E-state index contributed by atoms with van der Waals surface area (Å²) in [6, 6.07) is 17.3. The Morgan fingerprint density at radius 1 is 0.968 bits per heavy atom.